The van der Waals surface area contributed by atoms with Crippen molar-refractivity contribution in [1.29, 1.82) is 0 Å². The third-order valence-electron chi connectivity index (χ3n) is 2.61. The second kappa shape index (κ2) is 8.60. The van der Waals surface area contributed by atoms with Crippen LogP contribution in [0.4, 0.5) is 57.1 Å². The van der Waals surface area contributed by atoms with E-state index in [0.29, 0.717) is 6.54 Å². The summed E-state index contributed by atoms with van der Waals surface area (Å²) in [5.74, 6) is -38.6. The van der Waals surface area contributed by atoms with Crippen molar-refractivity contribution in [2.45, 2.75) is 41.5 Å². The zero-order chi connectivity index (χ0) is 23.6. The van der Waals surface area contributed by atoms with Crippen LogP contribution in [0, 0.1) is 0 Å². The van der Waals surface area contributed by atoms with Gasteiger partial charge in [0.25, 0.3) is 5.50 Å². The van der Waals surface area contributed by atoms with E-state index in [9.17, 15) is 65.5 Å². The molecule has 0 aromatic heterocycles. The van der Waals surface area contributed by atoms with Crippen LogP contribution in [0.1, 0.15) is 0 Å². The summed E-state index contributed by atoms with van der Waals surface area (Å²) >= 11 is 0. The Labute approximate surface area is 147 Å². The van der Waals surface area contributed by atoms with Gasteiger partial charge in [-0.1, -0.05) is 6.08 Å². The van der Waals surface area contributed by atoms with Crippen molar-refractivity contribution in [2.24, 2.45) is 5.73 Å². The highest BCUT2D eigenvalue weighted by Crippen LogP contribution is 2.59. The zero-order valence-electron chi connectivity index (χ0n) is 12.8. The Morgan fingerprint density at radius 2 is 1.11 bits per heavy atom. The van der Waals surface area contributed by atoms with Crippen molar-refractivity contribution in [3.63, 3.8) is 0 Å². The number of rotatable bonds is 8. The fourth-order valence-corrected chi connectivity index (χ4v) is 1.60. The Kier molecular flexibility index (Phi) is 8.88. The van der Waals surface area contributed by atoms with Gasteiger partial charge in [0, 0.05) is 6.54 Å². The molecule has 0 saturated carbocycles. The third-order valence-corrected chi connectivity index (χ3v) is 3.43. The van der Waals surface area contributed by atoms with Crippen LogP contribution >= 0.6 is 0 Å². The van der Waals surface area contributed by atoms with Crippen molar-refractivity contribution in [2.75, 3.05) is 6.54 Å². The van der Waals surface area contributed by atoms with Gasteiger partial charge in [0.15, 0.2) is 0 Å². The molecule has 0 saturated heterocycles. The van der Waals surface area contributed by atoms with Crippen molar-refractivity contribution in [1.82, 2.24) is 0 Å². The van der Waals surface area contributed by atoms with Gasteiger partial charge in [-0.15, -0.1) is 6.58 Å². The average Bonchev–Trinajstić information content (AvgIpc) is 2.52. The zero-order valence-corrected chi connectivity index (χ0v) is 13.6. The quantitative estimate of drug-likeness (QED) is 0.321. The SMILES string of the molecule is C=CCN.O=S(=O)(O)C(F)C(F)(F)C(F)(F)C(F)(F)C(F)(F)C(F)(F)C(F)F. The van der Waals surface area contributed by atoms with E-state index in [0.717, 1.165) is 0 Å². The Balaban J connectivity index is 0. The second-order valence-corrected chi connectivity index (χ2v) is 6.07. The predicted molar refractivity (Wildman–Crippen MR) is 66.4 cm³/mol. The van der Waals surface area contributed by atoms with Crippen LogP contribution in [-0.4, -0.2) is 61.1 Å². The summed E-state index contributed by atoms with van der Waals surface area (Å²) in [7, 11) is -6.91. The molecular formula is C10H10F13NO3S. The molecule has 0 aliphatic heterocycles. The van der Waals surface area contributed by atoms with Gasteiger partial charge >= 0.3 is 46.2 Å². The molecule has 0 aromatic rings. The van der Waals surface area contributed by atoms with E-state index >= 15 is 0 Å². The average molecular weight is 471 g/mol. The van der Waals surface area contributed by atoms with E-state index in [-0.39, 0.29) is 0 Å². The maximum atomic E-state index is 12.9. The Bertz CT molecular complexity index is 634. The lowest BCUT2D eigenvalue weighted by molar-refractivity contribution is -0.415. The molecule has 0 heterocycles. The van der Waals surface area contributed by atoms with Crippen molar-refractivity contribution < 1.29 is 70.0 Å². The van der Waals surface area contributed by atoms with Gasteiger partial charge in [0.1, 0.15) is 0 Å². The fraction of sp³-hybridized carbons (Fsp3) is 0.800. The van der Waals surface area contributed by atoms with Crippen molar-refractivity contribution in [3.05, 3.63) is 12.7 Å². The van der Waals surface area contributed by atoms with E-state index in [1.165, 1.54) is 0 Å². The van der Waals surface area contributed by atoms with Gasteiger partial charge in [-0.25, -0.2) is 13.2 Å². The Hall–Kier alpha value is -1.30. The first kappa shape index (κ1) is 28.9. The molecule has 4 nitrogen and oxygen atoms in total. The fourth-order valence-electron chi connectivity index (χ4n) is 1.08. The first-order chi connectivity index (χ1) is 12.0. The highest BCUT2D eigenvalue weighted by molar-refractivity contribution is 7.86. The molecule has 1 atom stereocenters. The maximum Gasteiger partial charge on any atom is 0.384 e. The molecule has 3 N–H and O–H groups in total. The molecule has 18 heteroatoms. The molecular weight excluding hydrogens is 461 g/mol. The summed E-state index contributed by atoms with van der Waals surface area (Å²) < 4.78 is 191. The molecule has 0 fully saturated rings. The third kappa shape index (κ3) is 4.81. The smallest absolute Gasteiger partial charge is 0.327 e. The summed E-state index contributed by atoms with van der Waals surface area (Å²) in [6.45, 7) is 3.94. The lowest BCUT2D eigenvalue weighted by atomic mass is 9.95. The molecule has 0 bridgehead atoms. The number of hydrogen-bond acceptors (Lipinski definition) is 3. The number of hydrogen-bond donors (Lipinski definition) is 2. The lowest BCUT2D eigenvalue weighted by Gasteiger charge is -2.39. The van der Waals surface area contributed by atoms with Gasteiger partial charge in [-0.2, -0.15) is 52.3 Å². The maximum absolute atomic E-state index is 12.9. The van der Waals surface area contributed by atoms with Crippen molar-refractivity contribution in [3.8, 4) is 0 Å². The number of halogens is 13. The molecule has 0 radical (unpaired) electrons. The predicted octanol–water partition coefficient (Wildman–Crippen LogP) is 3.74. The molecule has 1 unspecified atom stereocenters. The van der Waals surface area contributed by atoms with Crippen LogP contribution in [0.25, 0.3) is 0 Å². The summed E-state index contributed by atoms with van der Waals surface area (Å²) in [6, 6.07) is 0. The molecule has 0 aliphatic rings. The summed E-state index contributed by atoms with van der Waals surface area (Å²) in [6.07, 6.45) is -4.09. The van der Waals surface area contributed by atoms with Crippen LogP contribution in [0.2, 0.25) is 0 Å². The van der Waals surface area contributed by atoms with Crippen LogP contribution in [0.15, 0.2) is 12.7 Å². The minimum Gasteiger partial charge on any atom is -0.327 e. The van der Waals surface area contributed by atoms with Crippen molar-refractivity contribution >= 4 is 10.1 Å². The Morgan fingerprint density at radius 1 is 0.821 bits per heavy atom. The summed E-state index contributed by atoms with van der Waals surface area (Å²) in [4.78, 5) is 0. The van der Waals surface area contributed by atoms with Gasteiger partial charge < -0.3 is 5.73 Å². The highest BCUT2D eigenvalue weighted by atomic mass is 32.2. The molecule has 0 aromatic carbocycles. The lowest BCUT2D eigenvalue weighted by Crippen LogP contribution is -2.70. The molecule has 0 rings (SSSR count). The minimum absolute atomic E-state index is 0.583. The van der Waals surface area contributed by atoms with E-state index in [1.54, 1.807) is 6.08 Å². The van der Waals surface area contributed by atoms with Crippen LogP contribution in [0.3, 0.4) is 0 Å². The van der Waals surface area contributed by atoms with E-state index in [2.05, 4.69) is 6.58 Å². The van der Waals surface area contributed by atoms with E-state index in [4.69, 9.17) is 10.3 Å². The molecule has 0 spiro atoms. The van der Waals surface area contributed by atoms with Gasteiger partial charge in [-0.3, -0.25) is 4.55 Å². The van der Waals surface area contributed by atoms with Crippen LogP contribution in [-0.2, 0) is 10.1 Å². The topological polar surface area (TPSA) is 80.4 Å². The highest BCUT2D eigenvalue weighted by Gasteiger charge is 2.89. The van der Waals surface area contributed by atoms with E-state index < -0.39 is 51.7 Å². The monoisotopic (exact) mass is 471 g/mol. The minimum atomic E-state index is -8.07. The summed E-state index contributed by atoms with van der Waals surface area (Å²) in [5, 5.41) is 0. The van der Waals surface area contributed by atoms with Gasteiger partial charge in [0.05, 0.1) is 0 Å². The first-order valence-electron chi connectivity index (χ1n) is 6.10. The number of nitrogens with two attached hydrogens (primary N) is 1. The second-order valence-electron chi connectivity index (χ2n) is 4.63. The van der Waals surface area contributed by atoms with Crippen LogP contribution in [0.5, 0.6) is 0 Å². The Morgan fingerprint density at radius 3 is 1.32 bits per heavy atom. The molecule has 170 valence electrons. The first-order valence-corrected chi connectivity index (χ1v) is 7.60. The largest absolute Gasteiger partial charge is 0.384 e. The van der Waals surface area contributed by atoms with Gasteiger partial charge in [0.2, 0.25) is 0 Å². The molecule has 0 amide bonds. The normalized spacial score (nSPS) is 15.7. The standard InChI is InChI=1S/C7H3F13O3S.C3H7N/c8-1(9)3(11,12)5(15,16)7(19,20)6(17,18)4(13,14)2(10)24(21,22)23;1-2-3-4/h1-2H,(H,21,22,23);2H,1,3-4H2. The summed E-state index contributed by atoms with van der Waals surface area (Å²) in [5.41, 5.74) is -0.755. The molecule has 28 heavy (non-hydrogen) atoms. The number of alkyl halides is 13. The van der Waals surface area contributed by atoms with E-state index in [1.807, 2.05) is 0 Å². The van der Waals surface area contributed by atoms with Crippen LogP contribution < -0.4 is 5.73 Å². The molecule has 0 aliphatic carbocycles. The van der Waals surface area contributed by atoms with Gasteiger partial charge in [-0.05, 0) is 0 Å².